The van der Waals surface area contributed by atoms with Gasteiger partial charge in [0.15, 0.2) is 5.82 Å². The molecule has 5 N–H and O–H groups in total. The van der Waals surface area contributed by atoms with E-state index in [-0.39, 0.29) is 49.6 Å². The number of benzene rings is 3. The summed E-state index contributed by atoms with van der Waals surface area (Å²) >= 11 is 8.04. The Bertz CT molecular complexity index is 2770. The van der Waals surface area contributed by atoms with Crippen LogP contribution < -0.4 is 36.2 Å². The third-order valence-corrected chi connectivity index (χ3v) is 15.7. The number of piperazine rings is 1. The van der Waals surface area contributed by atoms with Gasteiger partial charge in [0.2, 0.25) is 29.6 Å². The van der Waals surface area contributed by atoms with Crippen molar-refractivity contribution in [1.29, 1.82) is 0 Å². The summed E-state index contributed by atoms with van der Waals surface area (Å²) in [4.78, 5) is 74.0. The molecule has 7 rings (SSSR count). The van der Waals surface area contributed by atoms with E-state index in [1.807, 2.05) is 105 Å². The van der Waals surface area contributed by atoms with Crippen molar-refractivity contribution >= 4 is 87.8 Å². The number of rotatable bonds is 19. The zero-order valence-electron chi connectivity index (χ0n) is 42.0. The number of nitrogens with zero attached hydrogens (tertiary/aromatic N) is 6. The van der Waals surface area contributed by atoms with E-state index in [9.17, 15) is 28.8 Å². The SMILES string of the molecule is COc1cc(N2CCN(C(=O)CCCCCC(=O)N[C@H](C(=O)N3C[C@H](O)C[C@H]3C(=O)NCc3ccc(-c4scnc4C)cc3)C(C)(C)C)CC2)ccc1Nc1ncc(Cl)c(Nc2ccccc2P(C)(C)=O)n1. The number of hydrogen-bond acceptors (Lipinski definition) is 14. The van der Waals surface area contributed by atoms with Crippen LogP contribution in [-0.4, -0.2) is 125 Å². The first kappa shape index (κ1) is 53.7. The highest BCUT2D eigenvalue weighted by molar-refractivity contribution is 7.70. The van der Waals surface area contributed by atoms with E-state index in [0.717, 1.165) is 27.4 Å². The molecule has 2 aliphatic heterocycles. The minimum atomic E-state index is -2.58. The summed E-state index contributed by atoms with van der Waals surface area (Å²) in [7, 11) is -0.994. The molecule has 0 unspecified atom stereocenters. The Morgan fingerprint density at radius 1 is 0.931 bits per heavy atom. The zero-order chi connectivity index (χ0) is 51.7. The number of aryl methyl sites for hydroxylation is 1. The molecule has 0 saturated carbocycles. The second-order valence-corrected chi connectivity index (χ2v) is 24.2. The maximum absolute atomic E-state index is 14.1. The van der Waals surface area contributed by atoms with Gasteiger partial charge in [0.1, 0.15) is 30.0 Å². The molecule has 4 heterocycles. The molecular formula is C52H66ClN10O7PS. The van der Waals surface area contributed by atoms with E-state index in [0.29, 0.717) is 85.1 Å². The lowest BCUT2D eigenvalue weighted by Crippen LogP contribution is -2.57. The van der Waals surface area contributed by atoms with Crippen LogP contribution in [0.5, 0.6) is 5.75 Å². The Morgan fingerprint density at radius 2 is 1.65 bits per heavy atom. The van der Waals surface area contributed by atoms with E-state index in [2.05, 4.69) is 41.1 Å². The van der Waals surface area contributed by atoms with Crippen LogP contribution in [0.1, 0.15) is 70.6 Å². The molecule has 2 aromatic heterocycles. The molecule has 20 heteroatoms. The van der Waals surface area contributed by atoms with Gasteiger partial charge in [-0.1, -0.05) is 75.2 Å². The van der Waals surface area contributed by atoms with Gasteiger partial charge in [0.05, 0.1) is 46.9 Å². The van der Waals surface area contributed by atoms with Crippen molar-refractivity contribution in [3.8, 4) is 16.2 Å². The lowest BCUT2D eigenvalue weighted by atomic mass is 9.85. The maximum Gasteiger partial charge on any atom is 0.246 e. The number of carbonyl (C=O) groups is 4. The van der Waals surface area contributed by atoms with Gasteiger partial charge in [0.25, 0.3) is 0 Å². The van der Waals surface area contributed by atoms with Gasteiger partial charge in [-0.25, -0.2) is 9.97 Å². The number of aliphatic hydroxyl groups excluding tert-OH is 1. The number of amides is 4. The molecule has 384 valence electrons. The molecular weight excluding hydrogens is 975 g/mol. The quantitative estimate of drug-likeness (QED) is 0.0397. The van der Waals surface area contributed by atoms with Crippen LogP contribution in [0.2, 0.25) is 5.02 Å². The van der Waals surface area contributed by atoms with Crippen LogP contribution in [0.15, 0.2) is 78.4 Å². The van der Waals surface area contributed by atoms with Crippen LogP contribution in [0, 0.1) is 12.3 Å². The maximum atomic E-state index is 14.1. The van der Waals surface area contributed by atoms with Gasteiger partial charge in [-0.15, -0.1) is 11.3 Å². The minimum Gasteiger partial charge on any atom is -0.494 e. The molecule has 72 heavy (non-hydrogen) atoms. The molecule has 17 nitrogen and oxygen atoms in total. The monoisotopic (exact) mass is 1040 g/mol. The highest BCUT2D eigenvalue weighted by atomic mass is 35.5. The summed E-state index contributed by atoms with van der Waals surface area (Å²) < 4.78 is 18.7. The smallest absolute Gasteiger partial charge is 0.246 e. The fourth-order valence-electron chi connectivity index (χ4n) is 8.92. The Morgan fingerprint density at radius 3 is 2.33 bits per heavy atom. The zero-order valence-corrected chi connectivity index (χ0v) is 44.5. The van der Waals surface area contributed by atoms with Crippen LogP contribution >= 0.6 is 30.1 Å². The Labute approximate surface area is 430 Å². The van der Waals surface area contributed by atoms with Crippen LogP contribution in [-0.2, 0) is 30.3 Å². The fourth-order valence-corrected chi connectivity index (χ4v) is 11.0. The van der Waals surface area contributed by atoms with Crippen molar-refractivity contribution in [3.63, 3.8) is 0 Å². The van der Waals surface area contributed by atoms with Gasteiger partial charge in [-0.3, -0.25) is 19.2 Å². The van der Waals surface area contributed by atoms with Crippen molar-refractivity contribution in [3.05, 3.63) is 94.7 Å². The normalized spacial score (nSPS) is 16.5. The van der Waals surface area contributed by atoms with E-state index < -0.39 is 36.7 Å². The molecule has 0 spiro atoms. The topological polar surface area (TPSA) is 211 Å². The molecule has 3 aromatic carbocycles. The number of halogens is 1. The average molecular weight is 1040 g/mol. The molecule has 0 aliphatic carbocycles. The lowest BCUT2D eigenvalue weighted by Gasteiger charge is -2.36. The molecule has 2 saturated heterocycles. The Kier molecular flexibility index (Phi) is 17.6. The van der Waals surface area contributed by atoms with Gasteiger partial charge >= 0.3 is 0 Å². The first-order valence-electron chi connectivity index (χ1n) is 24.3. The number of carbonyl (C=O) groups excluding carboxylic acids is 4. The number of hydrogen-bond donors (Lipinski definition) is 5. The second kappa shape index (κ2) is 23.6. The third kappa shape index (κ3) is 13.7. The van der Waals surface area contributed by atoms with Crippen LogP contribution in [0.3, 0.4) is 0 Å². The van der Waals surface area contributed by atoms with Crippen LogP contribution in [0.25, 0.3) is 10.4 Å². The predicted molar refractivity (Wildman–Crippen MR) is 286 cm³/mol. The number of para-hydroxylation sites is 1. The minimum absolute atomic E-state index is 0.00402. The molecule has 3 atom stereocenters. The number of likely N-dealkylation sites (tertiary alicyclic amines) is 1. The summed E-state index contributed by atoms with van der Waals surface area (Å²) in [6.45, 7) is 13.6. The van der Waals surface area contributed by atoms with Crippen molar-refractivity contribution in [1.82, 2.24) is 35.4 Å². The molecule has 2 aliphatic rings. The lowest BCUT2D eigenvalue weighted by molar-refractivity contribution is -0.144. The van der Waals surface area contributed by atoms with Gasteiger partial charge in [-0.2, -0.15) is 4.98 Å². The largest absolute Gasteiger partial charge is 0.494 e. The first-order chi connectivity index (χ1) is 34.3. The Balaban J connectivity index is 0.835. The number of aliphatic hydroxyl groups is 1. The number of methoxy groups -OCH3 is 1. The average Bonchev–Trinajstić information content (AvgIpc) is 3.97. The van der Waals surface area contributed by atoms with E-state index in [1.54, 1.807) is 31.8 Å². The van der Waals surface area contributed by atoms with Gasteiger partial charge in [0, 0.05) is 75.6 Å². The van der Waals surface area contributed by atoms with Gasteiger partial charge < -0.3 is 50.4 Å². The Hall–Kier alpha value is -6.07. The number of nitrogens with one attached hydrogen (secondary N) is 4. The van der Waals surface area contributed by atoms with Crippen molar-refractivity contribution in [2.45, 2.75) is 91.0 Å². The van der Waals surface area contributed by atoms with E-state index in [1.165, 1.54) is 11.1 Å². The van der Waals surface area contributed by atoms with E-state index >= 15 is 0 Å². The first-order valence-corrected chi connectivity index (χ1v) is 28.1. The highest BCUT2D eigenvalue weighted by Crippen LogP contribution is 2.39. The second-order valence-electron chi connectivity index (χ2n) is 19.8. The molecule has 2 fully saturated rings. The van der Waals surface area contributed by atoms with Crippen molar-refractivity contribution in [2.24, 2.45) is 5.41 Å². The number of unbranched alkanes of at least 4 members (excludes halogenated alkanes) is 2. The molecule has 4 amide bonds. The summed E-state index contributed by atoms with van der Waals surface area (Å²) in [5, 5.41) is 23.9. The number of ether oxygens (including phenoxy) is 1. The summed E-state index contributed by atoms with van der Waals surface area (Å²) in [6, 6.07) is 19.2. The summed E-state index contributed by atoms with van der Waals surface area (Å²) in [5.74, 6) is 0.238. The molecule has 0 radical (unpaired) electrons. The summed E-state index contributed by atoms with van der Waals surface area (Å²) in [5.41, 5.74) is 6.29. The standard InChI is InChI=1S/C52H66ClN10O7PS/c1-33-46(72-32-56-33)35-19-17-34(18-20-35)29-54-49(67)41-28-37(64)31-63(41)50(68)47(52(2,3)4)59-44(65)15-9-8-10-16-45(66)62-25-23-61(24-26-62)36-21-22-39(42(27-36)70-5)58-51-55-30-38(53)48(60-51)57-40-13-11-12-14-43(40)71(6,7)69/h11-14,17-22,27,30,32,37,41,47,64H,8-10,15-16,23-26,28-29,31H2,1-7H3,(H,54,67)(H,59,65)(H2,55,57,58,60)/t37-,41+,47-/m1/s1. The molecule has 0 bridgehead atoms. The summed E-state index contributed by atoms with van der Waals surface area (Å²) in [6.07, 6.45) is 3.11. The van der Waals surface area contributed by atoms with Crippen LogP contribution in [0.4, 0.5) is 28.8 Å². The predicted octanol–water partition coefficient (Wildman–Crippen LogP) is 7.71. The van der Waals surface area contributed by atoms with Gasteiger partial charge in [-0.05, 0) is 73.9 Å². The van der Waals surface area contributed by atoms with E-state index in [4.69, 9.17) is 16.3 Å². The third-order valence-electron chi connectivity index (χ3n) is 12.9. The molecule has 5 aromatic rings. The fraction of sp³-hybridized carbons (Fsp3) is 0.442. The number of anilines is 5. The van der Waals surface area contributed by atoms with Crippen molar-refractivity contribution in [2.75, 3.05) is 68.7 Å². The highest BCUT2D eigenvalue weighted by Gasteiger charge is 2.44. The number of aromatic nitrogens is 3. The van der Waals surface area contributed by atoms with Crippen molar-refractivity contribution < 1.29 is 33.6 Å². The number of β-amino-alcohol motifs (C(OH)–C–C–N with tert-alkyl or cyclic N) is 1. The number of thiazole rings is 1.